The third-order valence-electron chi connectivity index (χ3n) is 4.96. The summed E-state index contributed by atoms with van der Waals surface area (Å²) in [6, 6.07) is 18.8. The molecule has 3 aromatic carbocycles. The van der Waals surface area contributed by atoms with E-state index in [4.69, 9.17) is 18.9 Å². The summed E-state index contributed by atoms with van der Waals surface area (Å²) in [5, 5.41) is 2.89. The molecule has 0 heterocycles. The maximum Gasteiger partial charge on any atom is 0.248 e. The minimum absolute atomic E-state index is 0.229. The third kappa shape index (κ3) is 7.27. The van der Waals surface area contributed by atoms with E-state index in [1.54, 1.807) is 33.5 Å². The van der Waals surface area contributed by atoms with Crippen LogP contribution in [0.2, 0.25) is 0 Å². The molecule has 0 spiro atoms. The fourth-order valence-electron chi connectivity index (χ4n) is 3.33. The Balaban J connectivity index is 1.68. The van der Waals surface area contributed by atoms with E-state index in [1.807, 2.05) is 72.8 Å². The van der Waals surface area contributed by atoms with Crippen molar-refractivity contribution in [2.45, 2.75) is 0 Å². The largest absolute Gasteiger partial charge is 0.493 e. The summed E-state index contributed by atoms with van der Waals surface area (Å²) in [4.78, 5) is 12.4. The lowest BCUT2D eigenvalue weighted by Gasteiger charge is -2.12. The highest BCUT2D eigenvalue weighted by atomic mass is 16.5. The molecule has 3 rings (SSSR count). The van der Waals surface area contributed by atoms with Crippen LogP contribution in [0.25, 0.3) is 18.2 Å². The van der Waals surface area contributed by atoms with E-state index in [0.29, 0.717) is 29.5 Å². The number of methoxy groups -OCH3 is 3. The minimum Gasteiger partial charge on any atom is -0.493 e. The van der Waals surface area contributed by atoms with E-state index < -0.39 is 0 Å². The number of carbonyl (C=O) groups excluding carboxylic acids is 1. The highest BCUT2D eigenvalue weighted by molar-refractivity contribution is 6.02. The van der Waals surface area contributed by atoms with Gasteiger partial charge in [0.25, 0.3) is 0 Å². The van der Waals surface area contributed by atoms with Gasteiger partial charge < -0.3 is 24.3 Å². The molecule has 0 saturated carbocycles. The molecule has 0 fully saturated rings. The van der Waals surface area contributed by atoms with E-state index in [0.717, 1.165) is 22.4 Å². The first-order chi connectivity index (χ1) is 17.1. The fourth-order valence-corrected chi connectivity index (χ4v) is 3.33. The number of hydrogen-bond acceptors (Lipinski definition) is 5. The molecule has 0 aromatic heterocycles. The third-order valence-corrected chi connectivity index (χ3v) is 4.96. The minimum atomic E-state index is -0.229. The zero-order valence-corrected chi connectivity index (χ0v) is 20.1. The Morgan fingerprint density at radius 2 is 1.49 bits per heavy atom. The topological polar surface area (TPSA) is 66.0 Å². The van der Waals surface area contributed by atoms with Crippen molar-refractivity contribution >= 4 is 29.8 Å². The average Bonchev–Trinajstić information content (AvgIpc) is 2.89. The highest BCUT2D eigenvalue weighted by Gasteiger charge is 2.12. The first-order valence-electron chi connectivity index (χ1n) is 11.0. The van der Waals surface area contributed by atoms with Crippen LogP contribution in [-0.4, -0.2) is 33.8 Å². The molecule has 0 aliphatic heterocycles. The van der Waals surface area contributed by atoms with Gasteiger partial charge in [0.1, 0.15) is 12.4 Å². The smallest absolute Gasteiger partial charge is 0.248 e. The number of amides is 1. The predicted molar refractivity (Wildman–Crippen MR) is 141 cm³/mol. The van der Waals surface area contributed by atoms with E-state index in [2.05, 4.69) is 11.9 Å². The van der Waals surface area contributed by atoms with Crippen molar-refractivity contribution in [3.8, 4) is 23.0 Å². The van der Waals surface area contributed by atoms with Crippen molar-refractivity contribution in [1.29, 1.82) is 0 Å². The Morgan fingerprint density at radius 1 is 0.829 bits per heavy atom. The summed E-state index contributed by atoms with van der Waals surface area (Å²) in [7, 11) is 4.73. The Labute approximate surface area is 206 Å². The lowest BCUT2D eigenvalue weighted by molar-refractivity contribution is -0.111. The van der Waals surface area contributed by atoms with E-state index in [9.17, 15) is 4.79 Å². The van der Waals surface area contributed by atoms with Crippen LogP contribution < -0.4 is 24.3 Å². The zero-order chi connectivity index (χ0) is 25.0. The summed E-state index contributed by atoms with van der Waals surface area (Å²) in [6.45, 7) is 4.07. The van der Waals surface area contributed by atoms with Crippen molar-refractivity contribution in [2.75, 3.05) is 33.3 Å². The van der Waals surface area contributed by atoms with Crippen LogP contribution in [-0.2, 0) is 4.79 Å². The second-order valence-corrected chi connectivity index (χ2v) is 7.41. The normalized spacial score (nSPS) is 10.8. The molecule has 0 saturated heterocycles. The molecule has 180 valence electrons. The van der Waals surface area contributed by atoms with Gasteiger partial charge in [-0.25, -0.2) is 0 Å². The van der Waals surface area contributed by atoms with Gasteiger partial charge >= 0.3 is 0 Å². The monoisotopic (exact) mass is 471 g/mol. The summed E-state index contributed by atoms with van der Waals surface area (Å²) < 4.78 is 21.7. The van der Waals surface area contributed by atoms with Crippen LogP contribution in [0.5, 0.6) is 23.0 Å². The molecule has 1 amide bonds. The lowest BCUT2D eigenvalue weighted by Crippen LogP contribution is -2.07. The van der Waals surface area contributed by atoms with Gasteiger partial charge in [-0.15, -0.1) is 0 Å². The van der Waals surface area contributed by atoms with Gasteiger partial charge in [-0.3, -0.25) is 4.79 Å². The molecule has 0 unspecified atom stereocenters. The molecule has 3 aromatic rings. The summed E-state index contributed by atoms with van der Waals surface area (Å²) in [6.07, 6.45) is 8.80. The molecule has 0 atom stereocenters. The van der Waals surface area contributed by atoms with Crippen LogP contribution in [0.1, 0.15) is 16.7 Å². The number of ether oxygens (including phenoxy) is 4. The lowest BCUT2D eigenvalue weighted by atomic mass is 10.1. The number of anilines is 1. The highest BCUT2D eigenvalue weighted by Crippen LogP contribution is 2.38. The second-order valence-electron chi connectivity index (χ2n) is 7.41. The van der Waals surface area contributed by atoms with Gasteiger partial charge in [0.15, 0.2) is 11.5 Å². The molecule has 0 bridgehead atoms. The number of benzene rings is 3. The van der Waals surface area contributed by atoms with E-state index in [-0.39, 0.29) is 5.91 Å². The molecule has 6 heteroatoms. The van der Waals surface area contributed by atoms with Gasteiger partial charge in [-0.05, 0) is 59.2 Å². The van der Waals surface area contributed by atoms with Crippen LogP contribution in [0, 0.1) is 0 Å². The van der Waals surface area contributed by atoms with Crippen molar-refractivity contribution in [2.24, 2.45) is 0 Å². The quantitative estimate of drug-likeness (QED) is 0.208. The van der Waals surface area contributed by atoms with Crippen molar-refractivity contribution in [3.05, 3.63) is 96.1 Å². The van der Waals surface area contributed by atoms with Gasteiger partial charge in [-0.1, -0.05) is 49.1 Å². The van der Waals surface area contributed by atoms with Gasteiger partial charge in [-0.2, -0.15) is 0 Å². The standard InChI is InChI=1S/C29H29NO5/c1-5-16-35-25-11-7-9-22(18-25)14-15-28(31)30-24-10-6-8-21(17-24)12-13-23-19-26(32-2)29(34-4)27(20-23)33-3/h5-15,17-20H,1,16H2,2-4H3,(H,30,31)/b13-12+,15-14+. The molecule has 0 aliphatic carbocycles. The zero-order valence-electron chi connectivity index (χ0n) is 20.1. The van der Waals surface area contributed by atoms with Crippen LogP contribution in [0.4, 0.5) is 5.69 Å². The number of nitrogens with one attached hydrogen (secondary N) is 1. The fraction of sp³-hybridized carbons (Fsp3) is 0.138. The Kier molecular flexibility index (Phi) is 9.14. The van der Waals surface area contributed by atoms with Gasteiger partial charge in [0, 0.05) is 11.8 Å². The summed E-state index contributed by atoms with van der Waals surface area (Å²) in [5.41, 5.74) is 3.36. The van der Waals surface area contributed by atoms with Crippen molar-refractivity contribution < 1.29 is 23.7 Å². The van der Waals surface area contributed by atoms with E-state index >= 15 is 0 Å². The summed E-state index contributed by atoms with van der Waals surface area (Å²) >= 11 is 0. The molecule has 6 nitrogen and oxygen atoms in total. The first-order valence-corrected chi connectivity index (χ1v) is 11.0. The van der Waals surface area contributed by atoms with Crippen LogP contribution >= 0.6 is 0 Å². The number of hydrogen-bond donors (Lipinski definition) is 1. The summed E-state index contributed by atoms with van der Waals surface area (Å²) in [5.74, 6) is 2.20. The second kappa shape index (κ2) is 12.7. The first kappa shape index (κ1) is 25.2. The molecular weight excluding hydrogens is 442 g/mol. The predicted octanol–water partition coefficient (Wildman–Crippen LogP) is 6.10. The van der Waals surface area contributed by atoms with Gasteiger partial charge in [0.2, 0.25) is 11.7 Å². The maximum atomic E-state index is 12.4. The molecule has 35 heavy (non-hydrogen) atoms. The maximum absolute atomic E-state index is 12.4. The molecular formula is C29H29NO5. The number of carbonyl (C=O) groups is 1. The van der Waals surface area contributed by atoms with Crippen LogP contribution in [0.3, 0.4) is 0 Å². The average molecular weight is 472 g/mol. The Bertz CT molecular complexity index is 1200. The molecule has 0 radical (unpaired) electrons. The SMILES string of the molecule is C=CCOc1cccc(/C=C/C(=O)Nc2cccc(/C=C/c3cc(OC)c(OC)c(OC)c3)c2)c1. The van der Waals surface area contributed by atoms with E-state index in [1.165, 1.54) is 6.08 Å². The van der Waals surface area contributed by atoms with Crippen molar-refractivity contribution in [1.82, 2.24) is 0 Å². The van der Waals surface area contributed by atoms with Crippen molar-refractivity contribution in [3.63, 3.8) is 0 Å². The Morgan fingerprint density at radius 3 is 2.14 bits per heavy atom. The number of rotatable bonds is 11. The Hall–Kier alpha value is -4.45. The van der Waals surface area contributed by atoms with Crippen LogP contribution in [0.15, 0.2) is 79.4 Å². The molecule has 1 N–H and O–H groups in total. The molecule has 0 aliphatic rings. The van der Waals surface area contributed by atoms with Gasteiger partial charge in [0.05, 0.1) is 21.3 Å².